The number of amides is 1. The highest BCUT2D eigenvalue weighted by Gasteiger charge is 2.13. The lowest BCUT2D eigenvalue weighted by molar-refractivity contribution is -0.112. The van der Waals surface area contributed by atoms with Gasteiger partial charge in [-0.05, 0) is 24.3 Å². The number of hydrogen-bond donors (Lipinski definition) is 3. The number of rotatable bonds is 6. The van der Waals surface area contributed by atoms with Gasteiger partial charge >= 0.3 is 0 Å². The molecule has 2 rings (SSSR count). The summed E-state index contributed by atoms with van der Waals surface area (Å²) >= 11 is 0. The van der Waals surface area contributed by atoms with Crippen LogP contribution < -0.4 is 20.1 Å². The van der Waals surface area contributed by atoms with Crippen molar-refractivity contribution in [1.29, 1.82) is 5.26 Å². The highest BCUT2D eigenvalue weighted by Crippen LogP contribution is 2.29. The average Bonchev–Trinajstić information content (AvgIpc) is 2.62. The Bertz CT molecular complexity index is 840. The molecule has 0 spiro atoms. The summed E-state index contributed by atoms with van der Waals surface area (Å²) in [5.41, 5.74) is 0.776. The van der Waals surface area contributed by atoms with Crippen LogP contribution in [0.1, 0.15) is 0 Å². The molecule has 0 fully saturated rings. The predicted molar refractivity (Wildman–Crippen MR) is 93.6 cm³/mol. The lowest BCUT2D eigenvalue weighted by atomic mass is 10.2. The molecule has 3 N–H and O–H groups in total. The number of phenolic OH excluding ortho intramolecular Hbond substituents is 1. The number of carbonyl (C=O) groups is 1. The largest absolute Gasteiger partial charge is 0.508 e. The van der Waals surface area contributed by atoms with E-state index in [4.69, 9.17) is 9.47 Å². The molecule has 2 aromatic carbocycles. The molecule has 0 aliphatic heterocycles. The fraction of sp³-hybridized carbons (Fsp3) is 0.111. The van der Waals surface area contributed by atoms with Crippen molar-refractivity contribution < 1.29 is 19.4 Å². The van der Waals surface area contributed by atoms with Crippen molar-refractivity contribution in [3.63, 3.8) is 0 Å². The number of aromatic hydroxyl groups is 1. The van der Waals surface area contributed by atoms with E-state index in [1.807, 2.05) is 6.07 Å². The van der Waals surface area contributed by atoms with E-state index in [-0.39, 0.29) is 11.3 Å². The maximum atomic E-state index is 12.3. The Balaban J connectivity index is 2.17. The van der Waals surface area contributed by atoms with E-state index in [1.54, 1.807) is 30.3 Å². The van der Waals surface area contributed by atoms with Gasteiger partial charge in [0.05, 0.1) is 19.9 Å². The third-order valence-corrected chi connectivity index (χ3v) is 3.25. The summed E-state index contributed by atoms with van der Waals surface area (Å²) in [4.78, 5) is 12.3. The number of nitriles is 1. The topological polar surface area (TPSA) is 104 Å². The summed E-state index contributed by atoms with van der Waals surface area (Å²) in [5.74, 6) is 0.438. The molecule has 0 unspecified atom stereocenters. The number of nitrogens with one attached hydrogen (secondary N) is 2. The molecule has 0 aliphatic rings. The lowest BCUT2D eigenvalue weighted by Crippen LogP contribution is -2.15. The van der Waals surface area contributed by atoms with Crippen LogP contribution in [0, 0.1) is 11.3 Å². The van der Waals surface area contributed by atoms with E-state index in [0.717, 1.165) is 0 Å². The van der Waals surface area contributed by atoms with E-state index >= 15 is 0 Å². The average molecular weight is 339 g/mol. The van der Waals surface area contributed by atoms with Crippen molar-refractivity contribution in [1.82, 2.24) is 0 Å². The van der Waals surface area contributed by atoms with Crippen molar-refractivity contribution in [2.24, 2.45) is 0 Å². The molecule has 7 heteroatoms. The standard InChI is InChI=1S/C18H17N3O4/c1-24-15-6-7-17(25-2)16(9-15)21-18(23)12(10-19)11-20-13-4-3-5-14(22)8-13/h3-9,11,20,22H,1-2H3,(H,21,23)/b12-11-. The molecule has 0 heterocycles. The van der Waals surface area contributed by atoms with Crippen molar-refractivity contribution >= 4 is 17.3 Å². The number of methoxy groups -OCH3 is 2. The molecule has 0 aliphatic carbocycles. The smallest absolute Gasteiger partial charge is 0.267 e. The maximum absolute atomic E-state index is 12.3. The summed E-state index contributed by atoms with van der Waals surface area (Å²) in [6.45, 7) is 0. The van der Waals surface area contributed by atoms with Crippen LogP contribution in [0.2, 0.25) is 0 Å². The van der Waals surface area contributed by atoms with E-state index < -0.39 is 5.91 Å². The van der Waals surface area contributed by atoms with Gasteiger partial charge in [-0.25, -0.2) is 0 Å². The Hall–Kier alpha value is -3.66. The number of nitrogens with zero attached hydrogens (tertiary/aromatic N) is 1. The molecule has 0 aromatic heterocycles. The highest BCUT2D eigenvalue weighted by atomic mass is 16.5. The Labute approximate surface area is 145 Å². The van der Waals surface area contributed by atoms with Crippen LogP contribution in [0.5, 0.6) is 17.2 Å². The third-order valence-electron chi connectivity index (χ3n) is 3.25. The normalized spacial score (nSPS) is 10.5. The first kappa shape index (κ1) is 17.7. The van der Waals surface area contributed by atoms with Gasteiger partial charge in [0, 0.05) is 24.0 Å². The van der Waals surface area contributed by atoms with E-state index in [9.17, 15) is 15.2 Å². The molecule has 0 atom stereocenters. The zero-order valence-electron chi connectivity index (χ0n) is 13.7. The number of phenols is 1. The molecule has 0 bridgehead atoms. The van der Waals surface area contributed by atoms with Crippen molar-refractivity contribution in [2.75, 3.05) is 24.9 Å². The highest BCUT2D eigenvalue weighted by molar-refractivity contribution is 6.07. The first-order chi connectivity index (χ1) is 12.1. The van der Waals surface area contributed by atoms with Gasteiger partial charge in [0.1, 0.15) is 28.9 Å². The van der Waals surface area contributed by atoms with Crippen LogP contribution >= 0.6 is 0 Å². The number of hydrogen-bond acceptors (Lipinski definition) is 6. The van der Waals surface area contributed by atoms with Gasteiger partial charge in [0.15, 0.2) is 0 Å². The summed E-state index contributed by atoms with van der Waals surface area (Å²) in [6, 6.07) is 13.1. The third kappa shape index (κ3) is 4.65. The van der Waals surface area contributed by atoms with Gasteiger partial charge in [-0.15, -0.1) is 0 Å². The van der Waals surface area contributed by atoms with Gasteiger partial charge in [-0.2, -0.15) is 5.26 Å². The maximum Gasteiger partial charge on any atom is 0.267 e. The molecule has 7 nitrogen and oxygen atoms in total. The molecule has 0 saturated carbocycles. The predicted octanol–water partition coefficient (Wildman–Crippen LogP) is 2.87. The van der Waals surface area contributed by atoms with Crippen LogP contribution in [-0.4, -0.2) is 25.2 Å². The van der Waals surface area contributed by atoms with E-state index in [1.165, 1.54) is 32.6 Å². The molecule has 2 aromatic rings. The summed E-state index contributed by atoms with van der Waals surface area (Å²) < 4.78 is 10.3. The number of carbonyl (C=O) groups excluding carboxylic acids is 1. The van der Waals surface area contributed by atoms with E-state index in [0.29, 0.717) is 22.9 Å². The SMILES string of the molecule is COc1ccc(OC)c(NC(=O)/C(C#N)=C\Nc2cccc(O)c2)c1. The second-order valence-corrected chi connectivity index (χ2v) is 4.88. The van der Waals surface area contributed by atoms with Gasteiger partial charge in [0.25, 0.3) is 5.91 Å². The number of anilines is 2. The number of ether oxygens (including phenoxy) is 2. The molecular formula is C18H17N3O4. The first-order valence-electron chi connectivity index (χ1n) is 7.26. The first-order valence-corrected chi connectivity index (χ1v) is 7.26. The molecule has 1 amide bonds. The fourth-order valence-corrected chi connectivity index (χ4v) is 2.00. The van der Waals surface area contributed by atoms with Crippen LogP contribution in [0.4, 0.5) is 11.4 Å². The lowest BCUT2D eigenvalue weighted by Gasteiger charge is -2.11. The molecular weight excluding hydrogens is 322 g/mol. The minimum atomic E-state index is -0.610. The summed E-state index contributed by atoms with van der Waals surface area (Å²) in [7, 11) is 2.98. The van der Waals surface area contributed by atoms with Crippen molar-refractivity contribution in [3.05, 3.63) is 54.2 Å². The van der Waals surface area contributed by atoms with Gasteiger partial charge in [-0.1, -0.05) is 6.07 Å². The van der Waals surface area contributed by atoms with Gasteiger partial charge in [-0.3, -0.25) is 4.79 Å². The second-order valence-electron chi connectivity index (χ2n) is 4.88. The molecule has 0 radical (unpaired) electrons. The minimum absolute atomic E-state index is 0.0717. The zero-order valence-corrected chi connectivity index (χ0v) is 13.7. The quantitative estimate of drug-likeness (QED) is 0.552. The Morgan fingerprint density at radius 1 is 1.20 bits per heavy atom. The molecule has 25 heavy (non-hydrogen) atoms. The van der Waals surface area contributed by atoms with E-state index in [2.05, 4.69) is 10.6 Å². The zero-order chi connectivity index (χ0) is 18.2. The van der Waals surface area contributed by atoms with Crippen molar-refractivity contribution in [2.45, 2.75) is 0 Å². The van der Waals surface area contributed by atoms with Crippen LogP contribution in [0.3, 0.4) is 0 Å². The number of benzene rings is 2. The fourth-order valence-electron chi connectivity index (χ4n) is 2.00. The second kappa shape index (κ2) is 8.26. The van der Waals surface area contributed by atoms with Crippen LogP contribution in [-0.2, 0) is 4.79 Å². The monoisotopic (exact) mass is 339 g/mol. The Morgan fingerprint density at radius 3 is 2.64 bits per heavy atom. The summed E-state index contributed by atoms with van der Waals surface area (Å²) in [5, 5.41) is 24.0. The Morgan fingerprint density at radius 2 is 2.00 bits per heavy atom. The Kier molecular flexibility index (Phi) is 5.85. The van der Waals surface area contributed by atoms with Gasteiger partial charge < -0.3 is 25.2 Å². The van der Waals surface area contributed by atoms with Crippen LogP contribution in [0.15, 0.2) is 54.2 Å². The van der Waals surface area contributed by atoms with Crippen LogP contribution in [0.25, 0.3) is 0 Å². The minimum Gasteiger partial charge on any atom is -0.508 e. The summed E-state index contributed by atoms with van der Waals surface area (Å²) in [6.07, 6.45) is 1.26. The van der Waals surface area contributed by atoms with Crippen molar-refractivity contribution in [3.8, 4) is 23.3 Å². The molecule has 0 saturated heterocycles. The molecule has 128 valence electrons. The van der Waals surface area contributed by atoms with Gasteiger partial charge in [0.2, 0.25) is 0 Å².